The van der Waals surface area contributed by atoms with E-state index in [1.165, 1.54) is 24.1 Å². The summed E-state index contributed by atoms with van der Waals surface area (Å²) in [5.41, 5.74) is 0.742. The Labute approximate surface area is 192 Å². The van der Waals surface area contributed by atoms with Crippen LogP contribution >= 0.6 is 11.6 Å². The largest absolute Gasteiger partial charge is 0.357 e. The van der Waals surface area contributed by atoms with E-state index in [4.69, 9.17) is 11.6 Å². The lowest BCUT2D eigenvalue weighted by molar-refractivity contribution is -0.141. The van der Waals surface area contributed by atoms with Gasteiger partial charge in [-0.05, 0) is 30.2 Å². The van der Waals surface area contributed by atoms with Crippen LogP contribution < -0.4 is 5.32 Å². The number of halogens is 1. The number of benzene rings is 2. The van der Waals surface area contributed by atoms with Crippen LogP contribution in [0.5, 0.6) is 0 Å². The van der Waals surface area contributed by atoms with Crippen molar-refractivity contribution >= 4 is 39.3 Å². The van der Waals surface area contributed by atoms with Gasteiger partial charge in [-0.15, -0.1) is 0 Å². The zero-order valence-electron chi connectivity index (χ0n) is 17.7. The number of amides is 3. The second kappa shape index (κ2) is 9.70. The molecule has 1 N–H and O–H groups in total. The molecule has 10 heteroatoms. The Balaban J connectivity index is 1.83. The molecular formula is C22H24ClN3O5S. The van der Waals surface area contributed by atoms with E-state index in [-0.39, 0.29) is 35.9 Å². The number of rotatable bonds is 8. The number of hydrogen-bond donors (Lipinski definition) is 1. The second-order valence-electron chi connectivity index (χ2n) is 7.28. The highest BCUT2D eigenvalue weighted by molar-refractivity contribution is 7.90. The van der Waals surface area contributed by atoms with Crippen molar-refractivity contribution in [1.29, 1.82) is 0 Å². The molecule has 1 atom stereocenters. The Hall–Kier alpha value is -2.91. The molecule has 0 saturated carbocycles. The third-order valence-electron chi connectivity index (χ3n) is 5.37. The van der Waals surface area contributed by atoms with Gasteiger partial charge in [0.15, 0.2) is 0 Å². The highest BCUT2D eigenvalue weighted by Gasteiger charge is 2.41. The smallest absolute Gasteiger partial charge is 0.269 e. The summed E-state index contributed by atoms with van der Waals surface area (Å²) in [7, 11) is -2.53. The fourth-order valence-electron chi connectivity index (χ4n) is 3.69. The Morgan fingerprint density at radius 3 is 2.41 bits per heavy atom. The van der Waals surface area contributed by atoms with Gasteiger partial charge in [-0.1, -0.05) is 48.9 Å². The van der Waals surface area contributed by atoms with Gasteiger partial charge in [-0.25, -0.2) is 12.7 Å². The molecule has 3 amide bonds. The molecule has 2 aromatic rings. The topological polar surface area (TPSA) is 104 Å². The second-order valence-corrected chi connectivity index (χ2v) is 9.52. The Morgan fingerprint density at radius 1 is 1.12 bits per heavy atom. The van der Waals surface area contributed by atoms with Crippen molar-refractivity contribution in [2.75, 3.05) is 13.6 Å². The number of fused-ring (bicyclic) bond motifs is 1. The van der Waals surface area contributed by atoms with E-state index in [2.05, 4.69) is 5.32 Å². The molecule has 1 aliphatic rings. The average molecular weight is 478 g/mol. The summed E-state index contributed by atoms with van der Waals surface area (Å²) in [5, 5.41) is 3.00. The van der Waals surface area contributed by atoms with Gasteiger partial charge in [0.05, 0.1) is 5.56 Å². The van der Waals surface area contributed by atoms with Crippen LogP contribution in [0.3, 0.4) is 0 Å². The van der Waals surface area contributed by atoms with Crippen LogP contribution in [0.1, 0.15) is 35.7 Å². The standard InChI is InChI=1S/C22H24ClN3O5S/c1-3-18(21(28)24-2)25(14-15-8-4-6-10-17(15)23)20(27)12-13-26-22(29)16-9-5-7-11-19(16)32(26,30)31/h4-11,18H,3,12-14H2,1-2H3,(H,24,28)/t18-/m0/s1. The predicted molar refractivity (Wildman–Crippen MR) is 119 cm³/mol. The quantitative estimate of drug-likeness (QED) is 0.628. The zero-order chi connectivity index (χ0) is 23.5. The molecule has 0 fully saturated rings. The molecule has 1 heterocycles. The van der Waals surface area contributed by atoms with Crippen LogP contribution in [0, 0.1) is 0 Å². The van der Waals surface area contributed by atoms with Crippen molar-refractivity contribution in [1.82, 2.24) is 14.5 Å². The predicted octanol–water partition coefficient (Wildman–Crippen LogP) is 2.43. The zero-order valence-corrected chi connectivity index (χ0v) is 19.3. The summed E-state index contributed by atoms with van der Waals surface area (Å²) in [6.45, 7) is 1.53. The van der Waals surface area contributed by atoms with Gasteiger partial charge in [0.2, 0.25) is 11.8 Å². The molecule has 0 spiro atoms. The lowest BCUT2D eigenvalue weighted by atomic mass is 10.1. The fraction of sp³-hybridized carbons (Fsp3) is 0.318. The van der Waals surface area contributed by atoms with Gasteiger partial charge in [-0.2, -0.15) is 0 Å². The van der Waals surface area contributed by atoms with Gasteiger partial charge < -0.3 is 10.2 Å². The van der Waals surface area contributed by atoms with Crippen LogP contribution in [-0.2, 0) is 26.2 Å². The molecule has 0 saturated heterocycles. The maximum absolute atomic E-state index is 13.2. The first-order valence-corrected chi connectivity index (χ1v) is 11.9. The number of nitrogens with one attached hydrogen (secondary N) is 1. The maximum atomic E-state index is 13.2. The van der Waals surface area contributed by atoms with Crippen molar-refractivity contribution in [3.63, 3.8) is 0 Å². The monoisotopic (exact) mass is 477 g/mol. The first-order chi connectivity index (χ1) is 15.2. The maximum Gasteiger partial charge on any atom is 0.269 e. The molecule has 8 nitrogen and oxygen atoms in total. The third-order valence-corrected chi connectivity index (χ3v) is 7.58. The van der Waals surface area contributed by atoms with Gasteiger partial charge in [0.25, 0.3) is 15.9 Å². The van der Waals surface area contributed by atoms with Crippen LogP contribution in [0.15, 0.2) is 53.4 Å². The SMILES string of the molecule is CC[C@@H](C(=O)NC)N(Cc1ccccc1Cl)C(=O)CCN1C(=O)c2ccccc2S1(=O)=O. The molecule has 0 radical (unpaired) electrons. The van der Waals surface area contributed by atoms with Crippen LogP contribution in [0.2, 0.25) is 5.02 Å². The summed E-state index contributed by atoms with van der Waals surface area (Å²) >= 11 is 6.25. The van der Waals surface area contributed by atoms with Crippen LogP contribution in [-0.4, -0.2) is 55.0 Å². The molecule has 1 aliphatic heterocycles. The molecule has 0 aliphatic carbocycles. The van der Waals surface area contributed by atoms with E-state index < -0.39 is 27.9 Å². The molecule has 0 unspecified atom stereocenters. The van der Waals surface area contributed by atoms with Gasteiger partial charge >= 0.3 is 0 Å². The highest BCUT2D eigenvalue weighted by atomic mass is 35.5. The average Bonchev–Trinajstić information content (AvgIpc) is 2.98. The van der Waals surface area contributed by atoms with Crippen molar-refractivity contribution in [2.45, 2.75) is 37.2 Å². The van der Waals surface area contributed by atoms with Gasteiger partial charge in [0.1, 0.15) is 10.9 Å². The number of carbonyl (C=O) groups is 3. The summed E-state index contributed by atoms with van der Waals surface area (Å²) < 4.78 is 26.2. The van der Waals surface area contributed by atoms with E-state index in [0.29, 0.717) is 21.3 Å². The Bertz CT molecular complexity index is 1150. The molecule has 0 bridgehead atoms. The lowest BCUT2D eigenvalue weighted by Crippen LogP contribution is -2.49. The molecule has 0 aromatic heterocycles. The van der Waals surface area contributed by atoms with E-state index in [0.717, 1.165) is 0 Å². The van der Waals surface area contributed by atoms with Crippen molar-refractivity contribution in [3.05, 3.63) is 64.7 Å². The lowest BCUT2D eigenvalue weighted by Gasteiger charge is -2.31. The van der Waals surface area contributed by atoms with E-state index in [1.54, 1.807) is 43.3 Å². The molecular weight excluding hydrogens is 454 g/mol. The van der Waals surface area contributed by atoms with E-state index in [9.17, 15) is 22.8 Å². The number of likely N-dealkylation sites (N-methyl/N-ethyl adjacent to an activating group) is 1. The van der Waals surface area contributed by atoms with E-state index in [1.807, 2.05) is 0 Å². The van der Waals surface area contributed by atoms with Crippen molar-refractivity contribution < 1.29 is 22.8 Å². The first kappa shape index (κ1) is 23.7. The van der Waals surface area contributed by atoms with Gasteiger partial charge in [0, 0.05) is 31.6 Å². The number of hydrogen-bond acceptors (Lipinski definition) is 5. The Morgan fingerprint density at radius 2 is 1.78 bits per heavy atom. The highest BCUT2D eigenvalue weighted by Crippen LogP contribution is 2.30. The summed E-state index contributed by atoms with van der Waals surface area (Å²) in [6, 6.07) is 12.1. The summed E-state index contributed by atoms with van der Waals surface area (Å²) in [6.07, 6.45) is 0.0825. The fourth-order valence-corrected chi connectivity index (χ4v) is 5.45. The first-order valence-electron chi connectivity index (χ1n) is 10.1. The number of nitrogens with zero attached hydrogens (tertiary/aromatic N) is 2. The summed E-state index contributed by atoms with van der Waals surface area (Å²) in [4.78, 5) is 39.6. The van der Waals surface area contributed by atoms with Crippen LogP contribution in [0.25, 0.3) is 0 Å². The normalized spacial score (nSPS) is 15.2. The summed E-state index contributed by atoms with van der Waals surface area (Å²) in [5.74, 6) is -1.46. The van der Waals surface area contributed by atoms with Crippen molar-refractivity contribution in [2.24, 2.45) is 0 Å². The van der Waals surface area contributed by atoms with Crippen molar-refractivity contribution in [3.8, 4) is 0 Å². The number of sulfonamides is 1. The van der Waals surface area contributed by atoms with Crippen LogP contribution in [0.4, 0.5) is 0 Å². The molecule has 170 valence electrons. The van der Waals surface area contributed by atoms with Gasteiger partial charge in [-0.3, -0.25) is 14.4 Å². The molecule has 32 heavy (non-hydrogen) atoms. The number of carbonyl (C=O) groups excluding carboxylic acids is 3. The minimum absolute atomic E-state index is 0.0674. The molecule has 3 rings (SSSR count). The molecule has 2 aromatic carbocycles. The van der Waals surface area contributed by atoms with E-state index >= 15 is 0 Å². The minimum atomic E-state index is -4.02. The third kappa shape index (κ3) is 4.49. The Kier molecular flexibility index (Phi) is 7.20. The minimum Gasteiger partial charge on any atom is -0.357 e.